The Hall–Kier alpha value is -0.885. The van der Waals surface area contributed by atoms with Crippen LogP contribution in [-0.4, -0.2) is 122 Å². The Morgan fingerprint density at radius 2 is 1.35 bits per heavy atom. The van der Waals surface area contributed by atoms with E-state index in [-0.39, 0.29) is 90.2 Å². The molecule has 2 N–H and O–H groups in total. The van der Waals surface area contributed by atoms with Crippen molar-refractivity contribution in [2.75, 3.05) is 46.1 Å². The predicted octanol–water partition coefficient (Wildman–Crippen LogP) is -1.05. The van der Waals surface area contributed by atoms with Crippen molar-refractivity contribution < 1.29 is 74.5 Å². The molecular formula is C24H47BN2NaO9. The van der Waals surface area contributed by atoms with Gasteiger partial charge in [-0.3, -0.25) is 9.69 Å². The van der Waals surface area contributed by atoms with Gasteiger partial charge in [0.05, 0.1) is 51.1 Å². The Morgan fingerprint density at radius 1 is 0.946 bits per heavy atom. The number of nitrogens with zero attached hydrogens (tertiary/aromatic N) is 2. The summed E-state index contributed by atoms with van der Waals surface area (Å²) in [7, 11) is 0. The smallest absolute Gasteiger partial charge is 1.00 e. The molecule has 0 bridgehead atoms. The van der Waals surface area contributed by atoms with Gasteiger partial charge in [0.25, 0.3) is 0 Å². The van der Waals surface area contributed by atoms with Gasteiger partial charge in [0.15, 0.2) is 5.78 Å². The van der Waals surface area contributed by atoms with E-state index in [1.54, 1.807) is 27.7 Å². The van der Waals surface area contributed by atoms with Gasteiger partial charge in [-0.2, -0.15) is 0 Å². The number of rotatable bonds is 0. The average molecular weight is 541 g/mol. The molecule has 0 aromatic rings. The molecule has 0 saturated carbocycles. The number of hydrogen-bond acceptors (Lipinski definition) is 9. The van der Waals surface area contributed by atoms with Gasteiger partial charge >= 0.3 is 41.7 Å². The summed E-state index contributed by atoms with van der Waals surface area (Å²) in [5, 5.41) is 17.1. The van der Waals surface area contributed by atoms with Crippen molar-refractivity contribution in [3.05, 3.63) is 0 Å². The second-order valence-electron chi connectivity index (χ2n) is 10.5. The van der Waals surface area contributed by atoms with Crippen LogP contribution in [0.15, 0.2) is 0 Å². The van der Waals surface area contributed by atoms with Gasteiger partial charge in [-0.25, -0.2) is 9.59 Å². The van der Waals surface area contributed by atoms with Gasteiger partial charge in [-0.1, -0.05) is 0 Å². The van der Waals surface area contributed by atoms with Crippen LogP contribution in [0.3, 0.4) is 0 Å². The average Bonchev–Trinajstić information content (AvgIpc) is 2.95. The molecule has 2 aliphatic heterocycles. The van der Waals surface area contributed by atoms with Crippen LogP contribution in [0.4, 0.5) is 9.59 Å². The van der Waals surface area contributed by atoms with Gasteiger partial charge in [0.2, 0.25) is 0 Å². The van der Waals surface area contributed by atoms with Crippen molar-refractivity contribution in [2.24, 2.45) is 0 Å². The molecule has 37 heavy (non-hydrogen) atoms. The molecule has 2 saturated heterocycles. The normalized spacial score (nSPS) is 22.2. The molecule has 0 spiro atoms. The van der Waals surface area contributed by atoms with Gasteiger partial charge in [0.1, 0.15) is 17.8 Å². The number of ketones is 1. The van der Waals surface area contributed by atoms with Crippen LogP contribution >= 0.6 is 0 Å². The SMILES string of the molecule is CC1COCC(=O)CN1C(=O)OC(C)(C)C.CC1COCC(O)CN1C(=O)OC(C)(C)C.CCO.[B].[H-].[Na+]. The summed E-state index contributed by atoms with van der Waals surface area (Å²) in [6.45, 7) is 18.0. The van der Waals surface area contributed by atoms with E-state index in [0.717, 1.165) is 0 Å². The number of hydrogen-bond donors (Lipinski definition) is 2. The number of carbonyl (C=O) groups is 3. The minimum absolute atomic E-state index is 0. The van der Waals surface area contributed by atoms with Gasteiger partial charge in [0, 0.05) is 15.0 Å². The van der Waals surface area contributed by atoms with Gasteiger partial charge in [-0.15, -0.1) is 0 Å². The quantitative estimate of drug-likeness (QED) is 0.369. The van der Waals surface area contributed by atoms with E-state index in [1.165, 1.54) is 9.80 Å². The molecule has 2 amide bonds. The number of Topliss-reactive ketones (excluding diaryl/α,β-unsaturated/α-hetero) is 1. The molecule has 0 aliphatic carbocycles. The molecule has 3 atom stereocenters. The standard InChI is InChI=1S/C11H21NO4.C11H19NO4.C2H6O.B.Na.H/c2*1-8-6-15-7-9(13)5-12(8)10(14)16-11(2,3)4;1-2-3;;;/h8-9,13H,5-7H2,1-4H3;8H,5-7H2,1-4H3;3H,2H2,1H3;;;/q;;;;+1;-1. The zero-order valence-corrected chi connectivity index (χ0v) is 26.4. The molecule has 2 fully saturated rings. The second kappa shape index (κ2) is 19.2. The Kier molecular flexibility index (Phi) is 21.1. The molecule has 0 aromatic carbocycles. The molecule has 3 radical (unpaired) electrons. The van der Waals surface area contributed by atoms with Crippen molar-refractivity contribution in [3.63, 3.8) is 0 Å². The Bertz CT molecular complexity index is 678. The van der Waals surface area contributed by atoms with E-state index in [2.05, 4.69) is 0 Å². The molecule has 13 heteroatoms. The first-order valence-electron chi connectivity index (χ1n) is 12.0. The maximum Gasteiger partial charge on any atom is 1.00 e. The third-order valence-electron chi connectivity index (χ3n) is 4.37. The van der Waals surface area contributed by atoms with Crippen LogP contribution < -0.4 is 29.6 Å². The van der Waals surface area contributed by atoms with E-state index >= 15 is 0 Å². The van der Waals surface area contributed by atoms with Crippen LogP contribution in [0, 0.1) is 0 Å². The fourth-order valence-electron chi connectivity index (χ4n) is 2.89. The summed E-state index contributed by atoms with van der Waals surface area (Å²) in [6, 6.07) is -0.215. The Balaban J connectivity index is -0.000000257. The molecule has 211 valence electrons. The van der Waals surface area contributed by atoms with Crippen molar-refractivity contribution >= 4 is 26.4 Å². The summed E-state index contributed by atoms with van der Waals surface area (Å²) in [6.07, 6.45) is -1.50. The van der Waals surface area contributed by atoms with Crippen LogP contribution in [0.2, 0.25) is 0 Å². The number of amides is 2. The van der Waals surface area contributed by atoms with E-state index in [1.807, 2.05) is 34.6 Å². The summed E-state index contributed by atoms with van der Waals surface area (Å²) in [5.74, 6) is -0.102. The summed E-state index contributed by atoms with van der Waals surface area (Å²) in [4.78, 5) is 37.9. The maximum atomic E-state index is 11.9. The minimum atomic E-state index is -0.641. The number of carbonyl (C=O) groups excluding carboxylic acids is 3. The van der Waals surface area contributed by atoms with E-state index in [9.17, 15) is 19.5 Å². The van der Waals surface area contributed by atoms with Crippen molar-refractivity contribution in [1.82, 2.24) is 9.80 Å². The zero-order valence-electron chi connectivity index (χ0n) is 25.4. The molecule has 3 unspecified atom stereocenters. The van der Waals surface area contributed by atoms with Gasteiger partial charge in [-0.05, 0) is 62.3 Å². The van der Waals surface area contributed by atoms with E-state index in [4.69, 9.17) is 24.1 Å². The topological polar surface area (TPSA) is 135 Å². The summed E-state index contributed by atoms with van der Waals surface area (Å²) >= 11 is 0. The fourth-order valence-corrected chi connectivity index (χ4v) is 2.89. The number of aliphatic hydroxyl groups is 2. The zero-order chi connectivity index (χ0) is 27.4. The number of ether oxygens (including phenoxy) is 4. The molecular weight excluding hydrogens is 494 g/mol. The third-order valence-corrected chi connectivity index (χ3v) is 4.37. The third kappa shape index (κ3) is 18.9. The Labute approximate surface area is 247 Å². The first-order valence-corrected chi connectivity index (χ1v) is 12.0. The second-order valence-corrected chi connectivity index (χ2v) is 10.5. The number of aliphatic hydroxyl groups excluding tert-OH is 2. The fraction of sp³-hybridized carbons (Fsp3) is 0.875. The molecule has 2 rings (SSSR count). The first-order chi connectivity index (χ1) is 16.0. The van der Waals surface area contributed by atoms with Crippen LogP contribution in [0.5, 0.6) is 0 Å². The summed E-state index contributed by atoms with van der Waals surface area (Å²) < 4.78 is 20.9. The number of β-amino-alcohol motifs (C(OH)–C–C–N with tert-alkyl or cyclic N) is 1. The van der Waals surface area contributed by atoms with E-state index in [0.29, 0.717) is 13.2 Å². The first kappa shape index (κ1) is 40.6. The van der Waals surface area contributed by atoms with Gasteiger partial charge < -0.3 is 35.5 Å². The molecule has 11 nitrogen and oxygen atoms in total. The van der Waals surface area contributed by atoms with Crippen molar-refractivity contribution in [3.8, 4) is 0 Å². The van der Waals surface area contributed by atoms with Crippen molar-refractivity contribution in [2.45, 2.75) is 91.7 Å². The van der Waals surface area contributed by atoms with Crippen LogP contribution in [0.25, 0.3) is 0 Å². The monoisotopic (exact) mass is 541 g/mol. The summed E-state index contributed by atoms with van der Waals surface area (Å²) in [5.41, 5.74) is -1.07. The van der Waals surface area contributed by atoms with Crippen LogP contribution in [-0.2, 0) is 23.7 Å². The van der Waals surface area contributed by atoms with E-state index < -0.39 is 29.5 Å². The predicted molar refractivity (Wildman–Crippen MR) is 137 cm³/mol. The minimum Gasteiger partial charge on any atom is -1.00 e. The van der Waals surface area contributed by atoms with Crippen molar-refractivity contribution in [1.29, 1.82) is 0 Å². The molecule has 2 aliphatic rings. The molecule has 2 heterocycles. The maximum absolute atomic E-state index is 11.9. The Morgan fingerprint density at radius 3 is 1.81 bits per heavy atom. The largest absolute Gasteiger partial charge is 1.00 e. The molecule has 0 aromatic heterocycles. The van der Waals surface area contributed by atoms with Crippen LogP contribution in [0.1, 0.15) is 63.7 Å².